The van der Waals surface area contributed by atoms with E-state index in [9.17, 15) is 9.59 Å². The highest BCUT2D eigenvalue weighted by molar-refractivity contribution is 6.00. The molecular weight excluding hydrogens is 246 g/mol. The number of aliphatic carboxylic acids is 1. The molecule has 1 aromatic carbocycles. The van der Waals surface area contributed by atoms with Crippen molar-refractivity contribution in [2.24, 2.45) is 0 Å². The van der Waals surface area contributed by atoms with Crippen LogP contribution in [0.5, 0.6) is 5.75 Å². The van der Waals surface area contributed by atoms with Crippen LogP contribution in [0, 0.1) is 13.8 Å². The minimum Gasteiger partial charge on any atom is -0.481 e. The fourth-order valence-corrected chi connectivity index (χ4v) is 2.29. The van der Waals surface area contributed by atoms with Gasteiger partial charge in [-0.2, -0.15) is 0 Å². The van der Waals surface area contributed by atoms with Gasteiger partial charge in [0.15, 0.2) is 6.10 Å². The van der Waals surface area contributed by atoms with Crippen molar-refractivity contribution >= 4 is 17.6 Å². The van der Waals surface area contributed by atoms with Crippen LogP contribution in [0.2, 0.25) is 0 Å². The molecule has 1 atom stereocenters. The summed E-state index contributed by atoms with van der Waals surface area (Å²) < 4.78 is 5.63. The number of carbonyl (C=O) groups is 2. The molecule has 0 aromatic heterocycles. The first-order chi connectivity index (χ1) is 8.90. The molecule has 5 heteroatoms. The zero-order chi connectivity index (χ0) is 14.2. The predicted molar refractivity (Wildman–Crippen MR) is 70.6 cm³/mol. The maximum atomic E-state index is 12.1. The number of hydrogen-bond acceptors (Lipinski definition) is 3. The molecule has 0 aliphatic carbocycles. The maximum Gasteiger partial charge on any atom is 0.305 e. The normalized spacial score (nSPS) is 17.9. The molecule has 1 aliphatic heterocycles. The smallest absolute Gasteiger partial charge is 0.305 e. The summed E-state index contributed by atoms with van der Waals surface area (Å²) in [6.07, 6.45) is -0.659. The second kappa shape index (κ2) is 4.91. The third kappa shape index (κ3) is 2.54. The van der Waals surface area contributed by atoms with Crippen molar-refractivity contribution in [3.63, 3.8) is 0 Å². The van der Waals surface area contributed by atoms with E-state index in [0.29, 0.717) is 11.4 Å². The van der Waals surface area contributed by atoms with Crippen LogP contribution >= 0.6 is 0 Å². The molecule has 1 unspecified atom stereocenters. The maximum absolute atomic E-state index is 12.1. The highest BCUT2D eigenvalue weighted by atomic mass is 16.5. The highest BCUT2D eigenvalue weighted by Crippen LogP contribution is 2.37. The fraction of sp³-hybridized carbons (Fsp3) is 0.429. The molecule has 1 heterocycles. The number of ether oxygens (including phenoxy) is 1. The first-order valence-corrected chi connectivity index (χ1v) is 6.21. The van der Waals surface area contributed by atoms with E-state index in [2.05, 4.69) is 0 Å². The monoisotopic (exact) mass is 263 g/mol. The molecule has 0 bridgehead atoms. The predicted octanol–water partition coefficient (Wildman–Crippen LogP) is 1.89. The second-order valence-corrected chi connectivity index (χ2v) is 4.82. The van der Waals surface area contributed by atoms with Crippen molar-refractivity contribution in [2.45, 2.75) is 33.3 Å². The summed E-state index contributed by atoms with van der Waals surface area (Å²) in [7, 11) is 0. The van der Waals surface area contributed by atoms with Crippen molar-refractivity contribution in [3.05, 3.63) is 23.3 Å². The second-order valence-electron chi connectivity index (χ2n) is 4.82. The van der Waals surface area contributed by atoms with Crippen molar-refractivity contribution in [3.8, 4) is 5.75 Å². The molecule has 2 rings (SSSR count). The summed E-state index contributed by atoms with van der Waals surface area (Å²) >= 11 is 0. The van der Waals surface area contributed by atoms with Gasteiger partial charge in [-0.25, -0.2) is 0 Å². The molecule has 5 nitrogen and oxygen atoms in total. The summed E-state index contributed by atoms with van der Waals surface area (Å²) in [6, 6.07) is 3.84. The van der Waals surface area contributed by atoms with E-state index in [4.69, 9.17) is 9.84 Å². The molecule has 102 valence electrons. The topological polar surface area (TPSA) is 66.8 Å². The number of rotatable bonds is 3. The molecule has 1 amide bonds. The van der Waals surface area contributed by atoms with Gasteiger partial charge in [0.2, 0.25) is 0 Å². The molecule has 0 radical (unpaired) electrons. The molecule has 1 aliphatic rings. The van der Waals surface area contributed by atoms with Crippen LogP contribution in [-0.4, -0.2) is 29.6 Å². The number of aryl methyl sites for hydroxylation is 2. The molecule has 0 spiro atoms. The Balaban J connectivity index is 2.43. The van der Waals surface area contributed by atoms with Gasteiger partial charge in [0.25, 0.3) is 5.91 Å². The number of nitrogens with zero attached hydrogens (tertiary/aromatic N) is 1. The summed E-state index contributed by atoms with van der Waals surface area (Å²) in [6.45, 7) is 5.70. The Labute approximate surface area is 111 Å². The van der Waals surface area contributed by atoms with E-state index in [0.717, 1.165) is 11.1 Å². The summed E-state index contributed by atoms with van der Waals surface area (Å²) in [4.78, 5) is 24.3. The third-order valence-corrected chi connectivity index (χ3v) is 3.15. The number of carbonyl (C=O) groups excluding carboxylic acids is 1. The lowest BCUT2D eigenvalue weighted by atomic mass is 10.1. The zero-order valence-electron chi connectivity index (χ0n) is 11.3. The van der Waals surface area contributed by atoms with Crippen LogP contribution < -0.4 is 9.64 Å². The van der Waals surface area contributed by atoms with Crippen molar-refractivity contribution in [1.29, 1.82) is 0 Å². The van der Waals surface area contributed by atoms with E-state index < -0.39 is 12.1 Å². The van der Waals surface area contributed by atoms with Gasteiger partial charge in [-0.15, -0.1) is 0 Å². The highest BCUT2D eigenvalue weighted by Gasteiger charge is 2.32. The quantitative estimate of drug-likeness (QED) is 0.904. The van der Waals surface area contributed by atoms with Crippen LogP contribution in [0.15, 0.2) is 12.1 Å². The van der Waals surface area contributed by atoms with Gasteiger partial charge < -0.3 is 14.7 Å². The van der Waals surface area contributed by atoms with E-state index in [1.807, 2.05) is 26.0 Å². The number of benzene rings is 1. The van der Waals surface area contributed by atoms with Crippen molar-refractivity contribution in [1.82, 2.24) is 0 Å². The lowest BCUT2D eigenvalue weighted by molar-refractivity contribution is -0.136. The average Bonchev–Trinajstić information content (AvgIpc) is 2.31. The molecule has 0 saturated carbocycles. The third-order valence-electron chi connectivity index (χ3n) is 3.15. The van der Waals surface area contributed by atoms with E-state index in [-0.39, 0.29) is 18.9 Å². The van der Waals surface area contributed by atoms with Gasteiger partial charge in [0.05, 0.1) is 12.1 Å². The number of hydrogen-bond donors (Lipinski definition) is 1. The molecule has 19 heavy (non-hydrogen) atoms. The SMILES string of the molecule is Cc1cc(C)c2c(c1)N(CCC(=O)O)C(=O)C(C)O2. The van der Waals surface area contributed by atoms with Crippen molar-refractivity contribution < 1.29 is 19.4 Å². The number of carboxylic acids is 1. The van der Waals surface area contributed by atoms with Crippen LogP contribution in [0.4, 0.5) is 5.69 Å². The summed E-state index contributed by atoms with van der Waals surface area (Å²) in [5.41, 5.74) is 2.64. The Morgan fingerprint density at radius 1 is 1.42 bits per heavy atom. The Kier molecular flexibility index (Phi) is 3.46. The Morgan fingerprint density at radius 2 is 2.11 bits per heavy atom. The number of amides is 1. The van der Waals surface area contributed by atoms with Gasteiger partial charge in [-0.1, -0.05) is 6.07 Å². The molecule has 1 aromatic rings. The van der Waals surface area contributed by atoms with E-state index >= 15 is 0 Å². The molecule has 0 saturated heterocycles. The number of anilines is 1. The van der Waals surface area contributed by atoms with Crippen LogP contribution in [0.3, 0.4) is 0 Å². The Hall–Kier alpha value is -2.04. The molecular formula is C14H17NO4. The molecule has 0 fully saturated rings. The van der Waals surface area contributed by atoms with Gasteiger partial charge in [0, 0.05) is 6.54 Å². The Morgan fingerprint density at radius 3 is 2.74 bits per heavy atom. The Bertz CT molecular complexity index is 538. The minimum atomic E-state index is -0.919. The van der Waals surface area contributed by atoms with Crippen molar-refractivity contribution in [2.75, 3.05) is 11.4 Å². The lowest BCUT2D eigenvalue weighted by Crippen LogP contribution is -2.45. The average molecular weight is 263 g/mol. The summed E-state index contributed by atoms with van der Waals surface area (Å²) in [5.74, 6) is -0.445. The standard InChI is InChI=1S/C14H17NO4/c1-8-6-9(2)13-11(7-8)15(5-4-12(16)17)14(18)10(3)19-13/h6-7,10H,4-5H2,1-3H3,(H,16,17). The van der Waals surface area contributed by atoms with Gasteiger partial charge in [-0.3, -0.25) is 9.59 Å². The largest absolute Gasteiger partial charge is 0.481 e. The summed E-state index contributed by atoms with van der Waals surface area (Å²) in [5, 5.41) is 8.78. The molecule has 1 N–H and O–H groups in total. The van der Waals surface area contributed by atoms with Gasteiger partial charge in [0.1, 0.15) is 5.75 Å². The van der Waals surface area contributed by atoms with Gasteiger partial charge >= 0.3 is 5.97 Å². The van der Waals surface area contributed by atoms with Crippen LogP contribution in [-0.2, 0) is 9.59 Å². The number of carboxylic acid groups (broad SMARTS) is 1. The van der Waals surface area contributed by atoms with E-state index in [1.165, 1.54) is 4.90 Å². The minimum absolute atomic E-state index is 0.0785. The van der Waals surface area contributed by atoms with Crippen LogP contribution in [0.25, 0.3) is 0 Å². The van der Waals surface area contributed by atoms with E-state index in [1.54, 1.807) is 6.92 Å². The fourth-order valence-electron chi connectivity index (χ4n) is 2.29. The van der Waals surface area contributed by atoms with Gasteiger partial charge in [-0.05, 0) is 38.0 Å². The number of fused-ring (bicyclic) bond motifs is 1. The van der Waals surface area contributed by atoms with Crippen LogP contribution in [0.1, 0.15) is 24.5 Å². The lowest BCUT2D eigenvalue weighted by Gasteiger charge is -2.34. The first-order valence-electron chi connectivity index (χ1n) is 6.21. The first kappa shape index (κ1) is 13.4. The zero-order valence-corrected chi connectivity index (χ0v) is 11.3.